The number of aliphatic hydroxyl groups excluding tert-OH is 2. The first kappa shape index (κ1) is 15.1. The third-order valence-electron chi connectivity index (χ3n) is 3.05. The van der Waals surface area contributed by atoms with Crippen LogP contribution in [0, 0.1) is 0 Å². The summed E-state index contributed by atoms with van der Waals surface area (Å²) in [4.78, 5) is 25.5. The number of carbonyl (C=O) groups is 2. The molecule has 0 fully saturated rings. The first-order chi connectivity index (χ1) is 10.2. The fourth-order valence-corrected chi connectivity index (χ4v) is 2.06. The molecule has 0 spiro atoms. The Morgan fingerprint density at radius 1 is 1.19 bits per heavy atom. The van der Waals surface area contributed by atoms with Gasteiger partial charge >= 0.3 is 0 Å². The Morgan fingerprint density at radius 3 is 2.38 bits per heavy atom. The van der Waals surface area contributed by atoms with Crippen LogP contribution >= 0.6 is 0 Å². The molecule has 2 N–H and O–H groups in total. The van der Waals surface area contributed by atoms with E-state index in [0.29, 0.717) is 5.69 Å². The van der Waals surface area contributed by atoms with Gasteiger partial charge < -0.3 is 15.1 Å². The number of carbonyl (C=O) groups excluding carboxylic acids is 2. The number of anilines is 1. The van der Waals surface area contributed by atoms with Crippen LogP contribution in [0.5, 0.6) is 0 Å². The van der Waals surface area contributed by atoms with E-state index in [-0.39, 0.29) is 44.3 Å². The number of para-hydroxylation sites is 1. The lowest BCUT2D eigenvalue weighted by atomic mass is 10.2. The molecular formula is C14H17N3O4. The molecule has 1 aliphatic rings. The Balaban J connectivity index is 2.17. The SMILES string of the molecule is O=C(C1=NN(c2ccccc2)C(=O)C1)N(CCO)CCO. The number of nitrogens with zero attached hydrogens (tertiary/aromatic N) is 3. The fraction of sp³-hybridized carbons (Fsp3) is 0.357. The van der Waals surface area contributed by atoms with Crippen molar-refractivity contribution in [2.45, 2.75) is 6.42 Å². The van der Waals surface area contributed by atoms with Crippen LogP contribution in [0.15, 0.2) is 35.4 Å². The van der Waals surface area contributed by atoms with Crippen molar-refractivity contribution in [3.8, 4) is 0 Å². The summed E-state index contributed by atoms with van der Waals surface area (Å²) in [5.74, 6) is -0.720. The maximum atomic E-state index is 12.2. The highest BCUT2D eigenvalue weighted by Crippen LogP contribution is 2.20. The summed E-state index contributed by atoms with van der Waals surface area (Å²) in [6.45, 7) is -0.236. The van der Waals surface area contributed by atoms with Crippen LogP contribution in [0.2, 0.25) is 0 Å². The monoisotopic (exact) mass is 291 g/mol. The Hall–Kier alpha value is -2.25. The van der Waals surface area contributed by atoms with Gasteiger partial charge in [-0.2, -0.15) is 10.1 Å². The molecule has 0 radical (unpaired) electrons. The maximum Gasteiger partial charge on any atom is 0.270 e. The van der Waals surface area contributed by atoms with E-state index >= 15 is 0 Å². The van der Waals surface area contributed by atoms with Gasteiger partial charge in [-0.25, -0.2) is 0 Å². The number of hydrogen-bond acceptors (Lipinski definition) is 5. The van der Waals surface area contributed by atoms with Gasteiger partial charge in [0, 0.05) is 13.1 Å². The van der Waals surface area contributed by atoms with Gasteiger partial charge in [-0.3, -0.25) is 9.59 Å². The van der Waals surface area contributed by atoms with E-state index in [9.17, 15) is 9.59 Å². The molecule has 2 amide bonds. The molecule has 7 nitrogen and oxygen atoms in total. The predicted molar refractivity (Wildman–Crippen MR) is 76.7 cm³/mol. The van der Waals surface area contributed by atoms with Gasteiger partial charge in [0.2, 0.25) is 0 Å². The van der Waals surface area contributed by atoms with Gasteiger partial charge in [0.25, 0.3) is 11.8 Å². The smallest absolute Gasteiger partial charge is 0.270 e. The molecule has 0 saturated heterocycles. The second-order valence-electron chi connectivity index (χ2n) is 4.50. The average molecular weight is 291 g/mol. The van der Waals surface area contributed by atoms with Crippen molar-refractivity contribution < 1.29 is 19.8 Å². The van der Waals surface area contributed by atoms with Gasteiger partial charge in [0.15, 0.2) is 0 Å². The minimum Gasteiger partial charge on any atom is -0.395 e. The Labute approximate surface area is 122 Å². The largest absolute Gasteiger partial charge is 0.395 e. The molecule has 21 heavy (non-hydrogen) atoms. The number of aliphatic hydroxyl groups is 2. The zero-order valence-electron chi connectivity index (χ0n) is 11.5. The van der Waals surface area contributed by atoms with Crippen molar-refractivity contribution in [2.24, 2.45) is 5.10 Å². The van der Waals surface area contributed by atoms with Crippen LogP contribution in [0.25, 0.3) is 0 Å². The van der Waals surface area contributed by atoms with Crippen molar-refractivity contribution in [1.29, 1.82) is 0 Å². The molecule has 1 aromatic rings. The van der Waals surface area contributed by atoms with Crippen LogP contribution in [-0.4, -0.2) is 58.9 Å². The highest BCUT2D eigenvalue weighted by molar-refractivity contribution is 6.44. The molecule has 0 bridgehead atoms. The first-order valence-corrected chi connectivity index (χ1v) is 6.64. The Morgan fingerprint density at radius 2 is 1.81 bits per heavy atom. The number of amides is 2. The third-order valence-corrected chi connectivity index (χ3v) is 3.05. The highest BCUT2D eigenvalue weighted by Gasteiger charge is 2.31. The molecule has 0 atom stereocenters. The summed E-state index contributed by atoms with van der Waals surface area (Å²) >= 11 is 0. The van der Waals surface area contributed by atoms with Gasteiger partial charge in [-0.05, 0) is 12.1 Å². The van der Waals surface area contributed by atoms with E-state index in [1.807, 2.05) is 6.07 Å². The van der Waals surface area contributed by atoms with Crippen molar-refractivity contribution >= 4 is 23.2 Å². The number of benzene rings is 1. The second kappa shape index (κ2) is 6.96. The minimum absolute atomic E-state index is 0.0823. The molecule has 2 rings (SSSR count). The molecule has 0 unspecified atom stereocenters. The maximum absolute atomic E-state index is 12.2. The van der Waals surface area contributed by atoms with E-state index in [1.165, 1.54) is 9.91 Å². The van der Waals surface area contributed by atoms with Crippen LogP contribution in [-0.2, 0) is 9.59 Å². The lowest BCUT2D eigenvalue weighted by Crippen LogP contribution is -2.40. The standard InChI is InChI=1S/C14H17N3O4/c18-8-6-16(7-9-19)14(21)12-10-13(20)17(15-12)11-4-2-1-3-5-11/h1-5,18-19H,6-10H2. The number of hydrazone groups is 1. The topological polar surface area (TPSA) is 93.4 Å². The summed E-state index contributed by atoms with van der Waals surface area (Å²) in [7, 11) is 0. The lowest BCUT2D eigenvalue weighted by Gasteiger charge is -2.19. The van der Waals surface area contributed by atoms with E-state index in [4.69, 9.17) is 10.2 Å². The Kier molecular flexibility index (Phi) is 5.02. The van der Waals surface area contributed by atoms with Gasteiger partial charge in [0.05, 0.1) is 25.3 Å². The van der Waals surface area contributed by atoms with Crippen molar-refractivity contribution in [2.75, 3.05) is 31.3 Å². The van der Waals surface area contributed by atoms with E-state index in [2.05, 4.69) is 5.10 Å². The summed E-state index contributed by atoms with van der Waals surface area (Å²) in [6, 6.07) is 8.84. The molecule has 1 aliphatic heterocycles. The molecule has 7 heteroatoms. The fourth-order valence-electron chi connectivity index (χ4n) is 2.06. The van der Waals surface area contributed by atoms with E-state index in [1.54, 1.807) is 24.3 Å². The Bertz CT molecular complexity index is 538. The molecule has 1 aromatic carbocycles. The molecule has 112 valence electrons. The van der Waals surface area contributed by atoms with Crippen molar-refractivity contribution in [3.63, 3.8) is 0 Å². The van der Waals surface area contributed by atoms with Gasteiger partial charge in [-0.15, -0.1) is 0 Å². The minimum atomic E-state index is -0.440. The molecule has 0 saturated carbocycles. The summed E-state index contributed by atoms with van der Waals surface area (Å²) in [5.41, 5.74) is 0.715. The first-order valence-electron chi connectivity index (χ1n) is 6.64. The number of hydrogen-bond donors (Lipinski definition) is 2. The lowest BCUT2D eigenvalue weighted by molar-refractivity contribution is -0.125. The quantitative estimate of drug-likeness (QED) is 0.745. The van der Waals surface area contributed by atoms with E-state index in [0.717, 1.165) is 0 Å². The molecule has 1 heterocycles. The van der Waals surface area contributed by atoms with Gasteiger partial charge in [0.1, 0.15) is 5.71 Å². The van der Waals surface area contributed by atoms with E-state index < -0.39 is 5.91 Å². The normalized spacial score (nSPS) is 14.3. The molecular weight excluding hydrogens is 274 g/mol. The summed E-state index contributed by atoms with van der Waals surface area (Å²) in [6.07, 6.45) is -0.0823. The van der Waals surface area contributed by atoms with Crippen LogP contribution in [0.1, 0.15) is 6.42 Å². The zero-order valence-corrected chi connectivity index (χ0v) is 11.5. The molecule has 0 aromatic heterocycles. The van der Waals surface area contributed by atoms with Crippen LogP contribution in [0.4, 0.5) is 5.69 Å². The van der Waals surface area contributed by atoms with Crippen molar-refractivity contribution in [1.82, 2.24) is 4.90 Å². The van der Waals surface area contributed by atoms with Crippen molar-refractivity contribution in [3.05, 3.63) is 30.3 Å². The van der Waals surface area contributed by atoms with Crippen LogP contribution < -0.4 is 5.01 Å². The highest BCUT2D eigenvalue weighted by atomic mass is 16.3. The summed E-state index contributed by atoms with van der Waals surface area (Å²) in [5, 5.41) is 23.2. The zero-order chi connectivity index (χ0) is 15.2. The molecule has 0 aliphatic carbocycles. The predicted octanol–water partition coefficient (Wildman–Crippen LogP) is -0.407. The van der Waals surface area contributed by atoms with Crippen LogP contribution in [0.3, 0.4) is 0 Å². The average Bonchev–Trinajstić information content (AvgIpc) is 2.89. The summed E-state index contributed by atoms with van der Waals surface area (Å²) < 4.78 is 0. The second-order valence-corrected chi connectivity index (χ2v) is 4.50. The third kappa shape index (κ3) is 3.45. The number of rotatable bonds is 6. The van der Waals surface area contributed by atoms with Gasteiger partial charge in [-0.1, -0.05) is 18.2 Å².